The Morgan fingerprint density at radius 2 is 1.92 bits per heavy atom. The van der Waals surface area contributed by atoms with E-state index in [0.717, 1.165) is 0 Å². The quantitative estimate of drug-likeness (QED) is 0.111. The molecule has 3 rings (SSSR count). The van der Waals surface area contributed by atoms with Crippen molar-refractivity contribution in [2.75, 3.05) is 39.2 Å². The number of amides is 2. The zero-order valence-corrected chi connectivity index (χ0v) is 22.0. The van der Waals surface area contributed by atoms with E-state index >= 15 is 0 Å². The van der Waals surface area contributed by atoms with E-state index < -0.39 is 61.9 Å². The van der Waals surface area contributed by atoms with Crippen LogP contribution in [0.5, 0.6) is 0 Å². The summed E-state index contributed by atoms with van der Waals surface area (Å²) in [5.41, 5.74) is 0. The molecule has 14 nitrogen and oxygen atoms in total. The molecule has 2 amide bonds. The van der Waals surface area contributed by atoms with E-state index in [2.05, 4.69) is 10.6 Å². The van der Waals surface area contributed by atoms with E-state index in [4.69, 9.17) is 18.9 Å². The van der Waals surface area contributed by atoms with Crippen LogP contribution >= 0.6 is 11.8 Å². The molecule has 0 bridgehead atoms. The Morgan fingerprint density at radius 1 is 1.18 bits per heavy atom. The highest BCUT2D eigenvalue weighted by molar-refractivity contribution is 8.03. The van der Waals surface area contributed by atoms with E-state index in [1.807, 2.05) is 0 Å². The van der Waals surface area contributed by atoms with Crippen LogP contribution in [0.25, 0.3) is 0 Å². The number of ether oxygens (including phenoxy) is 4. The maximum absolute atomic E-state index is 11.9. The number of rotatable bonds is 12. The fourth-order valence-corrected chi connectivity index (χ4v) is 5.54. The topological polar surface area (TPSA) is 216 Å². The minimum Gasteiger partial charge on any atom is -0.462 e. The van der Waals surface area contributed by atoms with Gasteiger partial charge >= 0.3 is 0 Å². The molecule has 0 aromatic rings. The number of hydrogen-bond acceptors (Lipinski definition) is 13. The second-order valence-electron chi connectivity index (χ2n) is 9.36. The van der Waals surface area contributed by atoms with Crippen LogP contribution in [0.4, 0.5) is 0 Å². The SMILES string of the molecule is CNC(=O)CCCC(=O)NCCCOC1OC(CO)C(O)C2=C1SC[C@]1(CC(O)C(O)[C@H]([C@H](O)CO)O1)O2. The van der Waals surface area contributed by atoms with Crippen LogP contribution in [0, 0.1) is 0 Å². The molecule has 0 aromatic heterocycles. The van der Waals surface area contributed by atoms with Crippen LogP contribution in [-0.2, 0) is 28.5 Å². The number of nitrogens with one attached hydrogen (secondary N) is 2. The molecule has 0 saturated carbocycles. The van der Waals surface area contributed by atoms with Gasteiger partial charge in [-0.05, 0) is 12.8 Å². The third-order valence-electron chi connectivity index (χ3n) is 6.47. The van der Waals surface area contributed by atoms with Gasteiger partial charge in [0.05, 0.1) is 36.6 Å². The van der Waals surface area contributed by atoms with Crippen molar-refractivity contribution >= 4 is 23.6 Å². The maximum atomic E-state index is 11.9. The van der Waals surface area contributed by atoms with Crippen molar-refractivity contribution in [3.8, 4) is 0 Å². The van der Waals surface area contributed by atoms with Crippen molar-refractivity contribution in [3.05, 3.63) is 10.7 Å². The van der Waals surface area contributed by atoms with Crippen molar-refractivity contribution in [1.29, 1.82) is 0 Å². The van der Waals surface area contributed by atoms with Crippen LogP contribution in [0.2, 0.25) is 0 Å². The molecular formula is C23H38N2O12S. The van der Waals surface area contributed by atoms with Crippen molar-refractivity contribution in [3.63, 3.8) is 0 Å². The normalized spacial score (nSPS) is 33.9. The summed E-state index contributed by atoms with van der Waals surface area (Å²) >= 11 is 1.18. The molecule has 8 atom stereocenters. The minimum atomic E-state index is -1.52. The fourth-order valence-electron chi connectivity index (χ4n) is 4.36. The largest absolute Gasteiger partial charge is 0.462 e. The summed E-state index contributed by atoms with van der Waals surface area (Å²) in [6.07, 6.45) is -7.79. The third kappa shape index (κ3) is 7.56. The van der Waals surface area contributed by atoms with Crippen LogP contribution in [0.15, 0.2) is 10.7 Å². The van der Waals surface area contributed by atoms with Crippen LogP contribution < -0.4 is 10.6 Å². The first-order valence-corrected chi connectivity index (χ1v) is 13.5. The van der Waals surface area contributed by atoms with Gasteiger partial charge in [-0.15, -0.1) is 11.8 Å². The van der Waals surface area contributed by atoms with Crippen molar-refractivity contribution in [1.82, 2.24) is 10.6 Å². The highest BCUT2D eigenvalue weighted by Crippen LogP contribution is 2.47. The Hall–Kier alpha value is -1.53. The predicted octanol–water partition coefficient (Wildman–Crippen LogP) is -2.96. The van der Waals surface area contributed by atoms with Gasteiger partial charge in [0, 0.05) is 32.9 Å². The first-order valence-electron chi connectivity index (χ1n) is 12.6. The van der Waals surface area contributed by atoms with Gasteiger partial charge in [0.2, 0.25) is 17.6 Å². The standard InChI is InChI=1S/C23H38N2O12S/c1-24-15(30)4-2-5-16(31)25-6-3-7-34-22-21-20(18(33)14(10-27)35-22)37-23(11-38-21)8-12(28)17(32)19(36-23)13(29)9-26/h12-14,17-19,22,26-29,32-33H,2-11H2,1H3,(H,24,30)(H,25,31)/t12?,13-,14?,17?,18?,19+,22?,23+/m1/s1. The average molecular weight is 567 g/mol. The molecule has 0 aliphatic carbocycles. The predicted molar refractivity (Wildman–Crippen MR) is 131 cm³/mol. The summed E-state index contributed by atoms with van der Waals surface area (Å²) in [7, 11) is 1.54. The Morgan fingerprint density at radius 3 is 2.61 bits per heavy atom. The van der Waals surface area contributed by atoms with E-state index in [1.54, 1.807) is 0 Å². The molecule has 38 heavy (non-hydrogen) atoms. The number of carbonyl (C=O) groups is 2. The average Bonchev–Trinajstić information content (AvgIpc) is 2.91. The lowest BCUT2D eigenvalue weighted by molar-refractivity contribution is -0.320. The second-order valence-corrected chi connectivity index (χ2v) is 10.4. The number of thioether (sulfide) groups is 1. The molecule has 3 aliphatic heterocycles. The molecule has 5 unspecified atom stereocenters. The summed E-state index contributed by atoms with van der Waals surface area (Å²) < 4.78 is 23.4. The fraction of sp³-hybridized carbons (Fsp3) is 0.826. The van der Waals surface area contributed by atoms with Gasteiger partial charge in [0.25, 0.3) is 0 Å². The van der Waals surface area contributed by atoms with Gasteiger partial charge in [0.15, 0.2) is 6.29 Å². The molecule has 1 spiro atoms. The van der Waals surface area contributed by atoms with Gasteiger partial charge in [-0.25, -0.2) is 0 Å². The summed E-state index contributed by atoms with van der Waals surface area (Å²) in [6.45, 7) is -0.745. The molecule has 15 heteroatoms. The second kappa shape index (κ2) is 14.2. The lowest BCUT2D eigenvalue weighted by Gasteiger charge is -2.50. The van der Waals surface area contributed by atoms with Crippen molar-refractivity contribution in [2.45, 2.75) is 80.8 Å². The van der Waals surface area contributed by atoms with E-state index in [0.29, 0.717) is 24.3 Å². The molecule has 1 saturated heterocycles. The number of aliphatic hydroxyl groups is 6. The van der Waals surface area contributed by atoms with Crippen LogP contribution in [0.1, 0.15) is 32.1 Å². The van der Waals surface area contributed by atoms with Crippen molar-refractivity contribution < 1.29 is 59.2 Å². The van der Waals surface area contributed by atoms with Crippen LogP contribution in [-0.4, -0.2) is 130 Å². The number of hydrogen-bond donors (Lipinski definition) is 8. The van der Waals surface area contributed by atoms with Gasteiger partial charge < -0.3 is 60.2 Å². The summed E-state index contributed by atoms with van der Waals surface area (Å²) in [6, 6.07) is 0. The lowest BCUT2D eigenvalue weighted by Crippen LogP contribution is -2.62. The molecule has 3 aliphatic rings. The summed E-state index contributed by atoms with van der Waals surface area (Å²) in [4.78, 5) is 23.5. The Labute approximate surface area is 224 Å². The summed E-state index contributed by atoms with van der Waals surface area (Å²) in [5, 5.41) is 65.7. The molecule has 0 radical (unpaired) electrons. The molecule has 8 N–H and O–H groups in total. The first-order chi connectivity index (χ1) is 18.1. The highest BCUT2D eigenvalue weighted by Gasteiger charge is 2.55. The molecule has 0 aromatic carbocycles. The number of carbonyl (C=O) groups excluding carboxylic acids is 2. The highest BCUT2D eigenvalue weighted by atomic mass is 32.2. The first kappa shape index (κ1) is 31.0. The Bertz CT molecular complexity index is 847. The van der Waals surface area contributed by atoms with Gasteiger partial charge in [-0.1, -0.05) is 0 Å². The monoisotopic (exact) mass is 566 g/mol. The minimum absolute atomic E-state index is 0.0294. The van der Waals surface area contributed by atoms with Crippen molar-refractivity contribution in [2.24, 2.45) is 0 Å². The van der Waals surface area contributed by atoms with Gasteiger partial charge in [0.1, 0.15) is 36.3 Å². The molecular weight excluding hydrogens is 528 g/mol. The zero-order chi connectivity index (χ0) is 27.9. The van der Waals surface area contributed by atoms with Crippen LogP contribution in [0.3, 0.4) is 0 Å². The maximum Gasteiger partial charge on any atom is 0.222 e. The van der Waals surface area contributed by atoms with Gasteiger partial charge in [-0.2, -0.15) is 0 Å². The summed E-state index contributed by atoms with van der Waals surface area (Å²) in [5.74, 6) is -1.70. The van der Waals surface area contributed by atoms with E-state index in [9.17, 15) is 40.2 Å². The number of aliphatic hydroxyl groups excluding tert-OH is 6. The Balaban J connectivity index is 1.58. The van der Waals surface area contributed by atoms with E-state index in [-0.39, 0.29) is 49.2 Å². The molecule has 3 heterocycles. The smallest absolute Gasteiger partial charge is 0.222 e. The van der Waals surface area contributed by atoms with Gasteiger partial charge in [-0.3, -0.25) is 9.59 Å². The van der Waals surface area contributed by atoms with E-state index in [1.165, 1.54) is 18.8 Å². The zero-order valence-electron chi connectivity index (χ0n) is 21.2. The Kier molecular flexibility index (Phi) is 11.6. The lowest BCUT2D eigenvalue weighted by atomic mass is 9.93. The molecule has 1 fully saturated rings. The third-order valence-corrected chi connectivity index (χ3v) is 7.76. The molecule has 218 valence electrons.